The molecule has 5 nitrogen and oxygen atoms in total. The second-order valence-electron chi connectivity index (χ2n) is 6.83. The molecule has 27 heavy (non-hydrogen) atoms. The van der Waals surface area contributed by atoms with E-state index in [1.54, 1.807) is 0 Å². The van der Waals surface area contributed by atoms with Gasteiger partial charge in [-0.2, -0.15) is 0 Å². The van der Waals surface area contributed by atoms with Gasteiger partial charge in [0.05, 0.1) is 0 Å². The Balaban J connectivity index is 1.58. The van der Waals surface area contributed by atoms with Crippen LogP contribution in [0.4, 0.5) is 5.69 Å². The summed E-state index contributed by atoms with van der Waals surface area (Å²) in [7, 11) is 0. The maximum absolute atomic E-state index is 12.0. The van der Waals surface area contributed by atoms with Gasteiger partial charge in [-0.3, -0.25) is 4.79 Å². The van der Waals surface area contributed by atoms with E-state index in [0.29, 0.717) is 30.6 Å². The largest absolute Gasteiger partial charge is 0.489 e. The van der Waals surface area contributed by atoms with Crippen molar-refractivity contribution in [3.8, 4) is 5.75 Å². The number of rotatable bonds is 4. The van der Waals surface area contributed by atoms with Gasteiger partial charge < -0.3 is 14.8 Å². The highest BCUT2D eigenvalue weighted by Gasteiger charge is 2.45. The smallest absolute Gasteiger partial charge is 0.334 e. The van der Waals surface area contributed by atoms with Crippen LogP contribution in [0.2, 0.25) is 0 Å². The maximum atomic E-state index is 12.0. The quantitative estimate of drug-likeness (QED) is 0.588. The number of aryl methyl sites for hydroxylation is 1. The van der Waals surface area contributed by atoms with E-state index in [0.717, 1.165) is 21.3 Å². The lowest BCUT2D eigenvalue weighted by Gasteiger charge is -2.28. The Morgan fingerprint density at radius 2 is 1.93 bits per heavy atom. The summed E-state index contributed by atoms with van der Waals surface area (Å²) in [6, 6.07) is 13.2. The number of nitrogens with one attached hydrogen (secondary N) is 1. The minimum Gasteiger partial charge on any atom is -0.489 e. The lowest BCUT2D eigenvalue weighted by atomic mass is 9.90. The van der Waals surface area contributed by atoms with Crippen molar-refractivity contribution < 1.29 is 19.1 Å². The predicted octanol–water partition coefficient (Wildman–Crippen LogP) is 4.11. The highest BCUT2D eigenvalue weighted by atomic mass is 79.9. The summed E-state index contributed by atoms with van der Waals surface area (Å²) in [5, 5.41) is 2.85. The van der Waals surface area contributed by atoms with E-state index in [4.69, 9.17) is 9.47 Å². The summed E-state index contributed by atoms with van der Waals surface area (Å²) in [6.07, 6.45) is 1.53. The number of carbonyl (C=O) groups is 2. The molecule has 2 aliphatic rings. The Labute approximate surface area is 165 Å². The van der Waals surface area contributed by atoms with Crippen LogP contribution in [0.5, 0.6) is 5.75 Å². The number of halogens is 1. The molecule has 0 aromatic heterocycles. The van der Waals surface area contributed by atoms with Crippen molar-refractivity contribution in [3.63, 3.8) is 0 Å². The molecule has 6 heteroatoms. The van der Waals surface area contributed by atoms with Crippen molar-refractivity contribution in [2.24, 2.45) is 0 Å². The number of ether oxygens (including phenoxy) is 2. The highest BCUT2D eigenvalue weighted by molar-refractivity contribution is 9.10. The van der Waals surface area contributed by atoms with Crippen LogP contribution in [-0.2, 0) is 26.3 Å². The van der Waals surface area contributed by atoms with E-state index in [2.05, 4.69) is 27.8 Å². The topological polar surface area (TPSA) is 64.6 Å². The molecule has 2 aliphatic heterocycles. The number of hydrogen-bond donors (Lipinski definition) is 1. The standard InChI is InChI=1S/C21H18BrNO4/c1-13-11-21(27-20(13)25,15-3-5-16(22)6-4-15)12-26-17-7-8-18-14(10-17)2-9-19(24)23-18/h3-8,10H,1-2,9,11-12H2,(H,23,24). The Bertz CT molecular complexity index is 920. The van der Waals surface area contributed by atoms with E-state index in [1.165, 1.54) is 0 Å². The zero-order valence-electron chi connectivity index (χ0n) is 14.6. The molecule has 0 saturated carbocycles. The Morgan fingerprint density at radius 1 is 1.15 bits per heavy atom. The van der Waals surface area contributed by atoms with Gasteiger partial charge in [-0.1, -0.05) is 34.6 Å². The first-order valence-corrected chi connectivity index (χ1v) is 9.47. The van der Waals surface area contributed by atoms with Crippen LogP contribution in [0.3, 0.4) is 0 Å². The maximum Gasteiger partial charge on any atom is 0.334 e. The zero-order chi connectivity index (χ0) is 19.0. The van der Waals surface area contributed by atoms with Crippen LogP contribution in [-0.4, -0.2) is 18.5 Å². The number of fused-ring (bicyclic) bond motifs is 1. The Hall–Kier alpha value is -2.60. The van der Waals surface area contributed by atoms with E-state index in [9.17, 15) is 9.59 Å². The van der Waals surface area contributed by atoms with Gasteiger partial charge in [-0.25, -0.2) is 4.79 Å². The summed E-state index contributed by atoms with van der Waals surface area (Å²) in [6.45, 7) is 4.00. The first-order valence-electron chi connectivity index (χ1n) is 8.68. The van der Waals surface area contributed by atoms with Crippen molar-refractivity contribution in [2.45, 2.75) is 24.9 Å². The van der Waals surface area contributed by atoms with Crippen molar-refractivity contribution >= 4 is 33.5 Å². The molecular weight excluding hydrogens is 410 g/mol. The van der Waals surface area contributed by atoms with Gasteiger partial charge in [0.2, 0.25) is 5.91 Å². The monoisotopic (exact) mass is 427 g/mol. The van der Waals surface area contributed by atoms with Gasteiger partial charge in [0, 0.05) is 28.6 Å². The van der Waals surface area contributed by atoms with Crippen LogP contribution in [0.25, 0.3) is 0 Å². The molecule has 1 saturated heterocycles. The molecule has 0 bridgehead atoms. The minimum absolute atomic E-state index is 0.0294. The molecule has 0 aliphatic carbocycles. The molecule has 0 spiro atoms. The lowest BCUT2D eigenvalue weighted by molar-refractivity contribution is -0.150. The Kier molecular flexibility index (Phi) is 4.52. The molecular formula is C21H18BrNO4. The first kappa shape index (κ1) is 17.8. The summed E-state index contributed by atoms with van der Waals surface area (Å²) >= 11 is 3.42. The average molecular weight is 428 g/mol. The van der Waals surface area contributed by atoms with Gasteiger partial charge >= 0.3 is 5.97 Å². The summed E-state index contributed by atoms with van der Waals surface area (Å²) in [5.41, 5.74) is 2.27. The molecule has 1 amide bonds. The van der Waals surface area contributed by atoms with Crippen molar-refractivity contribution in [3.05, 3.63) is 70.2 Å². The molecule has 1 fully saturated rings. The number of cyclic esters (lactones) is 1. The molecule has 1 atom stereocenters. The van der Waals surface area contributed by atoms with Crippen molar-refractivity contribution in [1.29, 1.82) is 0 Å². The molecule has 0 radical (unpaired) electrons. The van der Waals surface area contributed by atoms with E-state index < -0.39 is 11.6 Å². The first-order chi connectivity index (χ1) is 12.9. The fraction of sp³-hybridized carbons (Fsp3) is 0.238. The summed E-state index contributed by atoms with van der Waals surface area (Å²) in [5.74, 6) is 0.311. The van der Waals surface area contributed by atoms with Gasteiger partial charge in [0.1, 0.15) is 12.4 Å². The summed E-state index contributed by atoms with van der Waals surface area (Å²) in [4.78, 5) is 23.5. The molecule has 1 unspecified atom stereocenters. The third-order valence-electron chi connectivity index (χ3n) is 4.89. The molecule has 2 heterocycles. The number of amides is 1. The normalized spacial score (nSPS) is 21.4. The molecule has 2 aromatic carbocycles. The molecule has 138 valence electrons. The summed E-state index contributed by atoms with van der Waals surface area (Å²) < 4.78 is 12.7. The number of esters is 1. The van der Waals surface area contributed by atoms with E-state index >= 15 is 0 Å². The molecule has 2 aromatic rings. The van der Waals surface area contributed by atoms with Gasteiger partial charge in [0.25, 0.3) is 0 Å². The van der Waals surface area contributed by atoms with Gasteiger partial charge in [-0.15, -0.1) is 0 Å². The van der Waals surface area contributed by atoms with Crippen molar-refractivity contribution in [2.75, 3.05) is 11.9 Å². The minimum atomic E-state index is -0.890. The number of carbonyl (C=O) groups excluding carboxylic acids is 2. The number of hydrogen-bond acceptors (Lipinski definition) is 4. The van der Waals surface area contributed by atoms with Crippen molar-refractivity contribution in [1.82, 2.24) is 0 Å². The van der Waals surface area contributed by atoms with Gasteiger partial charge in [-0.05, 0) is 47.9 Å². The number of benzene rings is 2. The zero-order valence-corrected chi connectivity index (χ0v) is 16.2. The third kappa shape index (κ3) is 3.49. The van der Waals surface area contributed by atoms with E-state index in [1.807, 2.05) is 42.5 Å². The van der Waals surface area contributed by atoms with Crippen LogP contribution < -0.4 is 10.1 Å². The van der Waals surface area contributed by atoms with Crippen LogP contribution >= 0.6 is 15.9 Å². The van der Waals surface area contributed by atoms with Crippen LogP contribution in [0.1, 0.15) is 24.0 Å². The SMILES string of the molecule is C=C1CC(COc2ccc3c(c2)CCC(=O)N3)(c2ccc(Br)cc2)OC1=O. The Morgan fingerprint density at radius 3 is 2.63 bits per heavy atom. The van der Waals surface area contributed by atoms with Crippen LogP contribution in [0.15, 0.2) is 59.1 Å². The average Bonchev–Trinajstić information content (AvgIpc) is 2.95. The van der Waals surface area contributed by atoms with Gasteiger partial charge in [0.15, 0.2) is 5.60 Å². The third-order valence-corrected chi connectivity index (χ3v) is 5.42. The fourth-order valence-electron chi connectivity index (χ4n) is 3.43. The second-order valence-corrected chi connectivity index (χ2v) is 7.74. The second kappa shape index (κ2) is 6.85. The van der Waals surface area contributed by atoms with E-state index in [-0.39, 0.29) is 12.5 Å². The predicted molar refractivity (Wildman–Crippen MR) is 105 cm³/mol. The molecule has 1 N–H and O–H groups in total. The number of anilines is 1. The lowest BCUT2D eigenvalue weighted by Crippen LogP contribution is -2.33. The highest BCUT2D eigenvalue weighted by Crippen LogP contribution is 2.40. The van der Waals surface area contributed by atoms with Crippen LogP contribution in [0, 0.1) is 0 Å². The molecule has 4 rings (SSSR count). The fourth-order valence-corrected chi connectivity index (χ4v) is 3.69.